The largest absolute Gasteiger partial charge is 0.461 e. The minimum atomic E-state index is 0.476. The van der Waals surface area contributed by atoms with Crippen LogP contribution in [0.3, 0.4) is 0 Å². The van der Waals surface area contributed by atoms with Crippen LogP contribution in [0.4, 0.5) is 0 Å². The maximum atomic E-state index is 6.10. The standard InChI is InChI=1S/C14H12N6OS2/c1-2-10-16-12-8(5-7-22-12)13(17-10)23-14-19-18-11(20(14)15)9-4-3-6-21-9/h3-7H,2,15H2,1H3. The van der Waals surface area contributed by atoms with Gasteiger partial charge in [0.15, 0.2) is 5.76 Å². The molecule has 0 aliphatic heterocycles. The van der Waals surface area contributed by atoms with Crippen LogP contribution in [-0.4, -0.2) is 24.8 Å². The van der Waals surface area contributed by atoms with Crippen molar-refractivity contribution in [3.8, 4) is 11.6 Å². The molecule has 0 spiro atoms. The SMILES string of the molecule is CCc1nc(Sc2nnc(-c3ccco3)n2N)c2ccsc2n1. The predicted octanol–water partition coefficient (Wildman–Crippen LogP) is 2.97. The van der Waals surface area contributed by atoms with Gasteiger partial charge in [-0.1, -0.05) is 6.92 Å². The molecule has 0 aromatic carbocycles. The second-order valence-electron chi connectivity index (χ2n) is 4.69. The number of fused-ring (bicyclic) bond motifs is 1. The van der Waals surface area contributed by atoms with Crippen LogP contribution in [0.2, 0.25) is 0 Å². The van der Waals surface area contributed by atoms with Gasteiger partial charge in [0.05, 0.1) is 6.26 Å². The summed E-state index contributed by atoms with van der Waals surface area (Å²) in [5, 5.41) is 12.6. The Bertz CT molecular complexity index is 959. The molecule has 4 aromatic rings. The zero-order valence-corrected chi connectivity index (χ0v) is 13.8. The quantitative estimate of drug-likeness (QED) is 0.449. The highest BCUT2D eigenvalue weighted by molar-refractivity contribution is 7.99. The van der Waals surface area contributed by atoms with Gasteiger partial charge in [0.2, 0.25) is 11.0 Å². The van der Waals surface area contributed by atoms with E-state index in [1.54, 1.807) is 29.7 Å². The number of nitrogens with zero attached hydrogens (tertiary/aromatic N) is 5. The minimum Gasteiger partial charge on any atom is -0.461 e. The van der Waals surface area contributed by atoms with E-state index < -0.39 is 0 Å². The van der Waals surface area contributed by atoms with Crippen LogP contribution in [0, 0.1) is 0 Å². The Morgan fingerprint density at radius 1 is 1.30 bits per heavy atom. The molecule has 0 radical (unpaired) electrons. The van der Waals surface area contributed by atoms with Gasteiger partial charge in [-0.05, 0) is 35.3 Å². The van der Waals surface area contributed by atoms with Gasteiger partial charge in [0.1, 0.15) is 15.7 Å². The second kappa shape index (κ2) is 5.67. The molecule has 0 aliphatic rings. The first-order chi connectivity index (χ1) is 11.3. The molecular formula is C14H12N6OS2. The topological polar surface area (TPSA) is 95.7 Å². The van der Waals surface area contributed by atoms with Gasteiger partial charge in [-0.25, -0.2) is 14.6 Å². The van der Waals surface area contributed by atoms with Crippen molar-refractivity contribution in [1.29, 1.82) is 0 Å². The number of hydrogen-bond acceptors (Lipinski definition) is 8. The number of nitrogens with two attached hydrogens (primary N) is 1. The summed E-state index contributed by atoms with van der Waals surface area (Å²) in [6.45, 7) is 2.03. The molecule has 4 heterocycles. The molecule has 23 heavy (non-hydrogen) atoms. The van der Waals surface area contributed by atoms with E-state index in [9.17, 15) is 0 Å². The fourth-order valence-corrected chi connectivity index (χ4v) is 3.83. The van der Waals surface area contributed by atoms with E-state index in [1.807, 2.05) is 18.4 Å². The zero-order chi connectivity index (χ0) is 15.8. The summed E-state index contributed by atoms with van der Waals surface area (Å²) in [5.74, 6) is 7.95. The Balaban J connectivity index is 1.75. The third-order valence-corrected chi connectivity index (χ3v) is 5.02. The van der Waals surface area contributed by atoms with Crippen molar-refractivity contribution in [1.82, 2.24) is 24.8 Å². The van der Waals surface area contributed by atoms with E-state index in [2.05, 4.69) is 20.2 Å². The summed E-state index contributed by atoms with van der Waals surface area (Å²) < 4.78 is 6.73. The molecule has 0 saturated heterocycles. The Kier molecular flexibility index (Phi) is 3.50. The van der Waals surface area contributed by atoms with Gasteiger partial charge in [-0.15, -0.1) is 21.5 Å². The normalized spacial score (nSPS) is 11.3. The highest BCUT2D eigenvalue weighted by Crippen LogP contribution is 2.33. The summed E-state index contributed by atoms with van der Waals surface area (Å²) in [7, 11) is 0. The Hall–Kier alpha value is -2.39. The van der Waals surface area contributed by atoms with Crippen LogP contribution < -0.4 is 5.84 Å². The predicted molar refractivity (Wildman–Crippen MR) is 88.8 cm³/mol. The van der Waals surface area contributed by atoms with Gasteiger partial charge in [-0.3, -0.25) is 0 Å². The van der Waals surface area contributed by atoms with E-state index in [0.717, 1.165) is 27.5 Å². The smallest absolute Gasteiger partial charge is 0.218 e. The molecule has 0 unspecified atom stereocenters. The number of hydrogen-bond donors (Lipinski definition) is 1. The highest BCUT2D eigenvalue weighted by Gasteiger charge is 2.17. The van der Waals surface area contributed by atoms with Crippen molar-refractivity contribution >= 4 is 33.3 Å². The molecule has 0 amide bonds. The maximum absolute atomic E-state index is 6.10. The van der Waals surface area contributed by atoms with Crippen molar-refractivity contribution in [2.45, 2.75) is 23.5 Å². The molecule has 9 heteroatoms. The molecule has 7 nitrogen and oxygen atoms in total. The Morgan fingerprint density at radius 3 is 3.00 bits per heavy atom. The van der Waals surface area contributed by atoms with Gasteiger partial charge in [0.25, 0.3) is 0 Å². The average molecular weight is 344 g/mol. The van der Waals surface area contributed by atoms with Crippen molar-refractivity contribution in [2.24, 2.45) is 0 Å². The van der Waals surface area contributed by atoms with E-state index in [1.165, 1.54) is 16.4 Å². The number of aromatic nitrogens is 5. The summed E-state index contributed by atoms with van der Waals surface area (Å²) in [5.41, 5.74) is 0. The molecular weight excluding hydrogens is 332 g/mol. The summed E-state index contributed by atoms with van der Waals surface area (Å²) in [4.78, 5) is 10.1. The van der Waals surface area contributed by atoms with Crippen molar-refractivity contribution in [2.75, 3.05) is 5.84 Å². The number of aryl methyl sites for hydroxylation is 1. The second-order valence-corrected chi connectivity index (χ2v) is 6.54. The first-order valence-electron chi connectivity index (χ1n) is 6.92. The lowest BCUT2D eigenvalue weighted by molar-refractivity contribution is 0.574. The van der Waals surface area contributed by atoms with E-state index in [4.69, 9.17) is 10.3 Å². The summed E-state index contributed by atoms with van der Waals surface area (Å²) in [6.07, 6.45) is 2.35. The monoisotopic (exact) mass is 344 g/mol. The zero-order valence-electron chi connectivity index (χ0n) is 12.1. The molecule has 0 atom stereocenters. The summed E-state index contributed by atoms with van der Waals surface area (Å²) >= 11 is 2.97. The first-order valence-corrected chi connectivity index (χ1v) is 8.62. The minimum absolute atomic E-state index is 0.476. The highest BCUT2D eigenvalue weighted by atomic mass is 32.2. The number of rotatable bonds is 4. The number of nitrogen functional groups attached to an aromatic ring is 1. The van der Waals surface area contributed by atoms with Crippen LogP contribution in [0.25, 0.3) is 21.8 Å². The average Bonchev–Trinajstić information content (AvgIpc) is 3.28. The molecule has 4 rings (SSSR count). The lowest BCUT2D eigenvalue weighted by Crippen LogP contribution is -2.11. The van der Waals surface area contributed by atoms with Crippen molar-refractivity contribution < 1.29 is 4.42 Å². The summed E-state index contributed by atoms with van der Waals surface area (Å²) in [6, 6.07) is 5.58. The Labute approximate surface area is 139 Å². The van der Waals surface area contributed by atoms with E-state index >= 15 is 0 Å². The van der Waals surface area contributed by atoms with Crippen molar-refractivity contribution in [3.63, 3.8) is 0 Å². The first kappa shape index (κ1) is 14.2. The van der Waals surface area contributed by atoms with Crippen LogP contribution >= 0.6 is 23.1 Å². The third-order valence-electron chi connectivity index (χ3n) is 3.25. The number of furan rings is 1. The maximum Gasteiger partial charge on any atom is 0.218 e. The lowest BCUT2D eigenvalue weighted by Gasteiger charge is -2.04. The van der Waals surface area contributed by atoms with E-state index in [-0.39, 0.29) is 0 Å². The van der Waals surface area contributed by atoms with Crippen LogP contribution in [0.15, 0.2) is 44.4 Å². The van der Waals surface area contributed by atoms with Crippen LogP contribution in [0.1, 0.15) is 12.7 Å². The van der Waals surface area contributed by atoms with Gasteiger partial charge in [-0.2, -0.15) is 0 Å². The van der Waals surface area contributed by atoms with Crippen LogP contribution in [-0.2, 0) is 6.42 Å². The fourth-order valence-electron chi connectivity index (χ4n) is 2.11. The van der Waals surface area contributed by atoms with Gasteiger partial charge < -0.3 is 10.3 Å². The molecule has 0 saturated carbocycles. The van der Waals surface area contributed by atoms with E-state index in [0.29, 0.717) is 16.7 Å². The molecule has 116 valence electrons. The lowest BCUT2D eigenvalue weighted by atomic mass is 10.4. The molecule has 2 N–H and O–H groups in total. The molecule has 0 bridgehead atoms. The third kappa shape index (κ3) is 2.47. The Morgan fingerprint density at radius 2 is 2.22 bits per heavy atom. The number of thiophene rings is 1. The van der Waals surface area contributed by atoms with Crippen LogP contribution in [0.5, 0.6) is 0 Å². The van der Waals surface area contributed by atoms with Gasteiger partial charge in [0, 0.05) is 11.8 Å². The molecule has 0 fully saturated rings. The van der Waals surface area contributed by atoms with Crippen molar-refractivity contribution in [3.05, 3.63) is 35.7 Å². The fraction of sp³-hybridized carbons (Fsp3) is 0.143. The van der Waals surface area contributed by atoms with Gasteiger partial charge >= 0.3 is 0 Å². The molecule has 0 aliphatic carbocycles. The molecule has 4 aromatic heterocycles.